The van der Waals surface area contributed by atoms with Gasteiger partial charge in [-0.15, -0.1) is 12.6 Å². The minimum Gasteiger partial charge on any atom is -0.345 e. The van der Waals surface area contributed by atoms with Crippen LogP contribution in [0.1, 0.15) is 28.9 Å². The minimum absolute atomic E-state index is 0.192. The number of carbonyl (C=O) groups is 1. The zero-order valence-corrected chi connectivity index (χ0v) is 11.3. The first-order valence-corrected chi connectivity index (χ1v) is 6.37. The summed E-state index contributed by atoms with van der Waals surface area (Å²) in [6.07, 6.45) is 0. The van der Waals surface area contributed by atoms with Crippen LogP contribution in [0, 0.1) is 5.82 Å². The van der Waals surface area contributed by atoms with E-state index < -0.39 is 0 Å². The lowest BCUT2D eigenvalue weighted by molar-refractivity contribution is 0.0937. The van der Waals surface area contributed by atoms with Gasteiger partial charge in [0.25, 0.3) is 5.91 Å². The Labute approximate surface area is 117 Å². The third-order valence-corrected chi connectivity index (χ3v) is 3.26. The van der Waals surface area contributed by atoms with E-state index in [2.05, 4.69) is 17.9 Å². The molecule has 0 bridgehead atoms. The number of rotatable bonds is 3. The molecule has 1 unspecified atom stereocenters. The van der Waals surface area contributed by atoms with Gasteiger partial charge in [-0.2, -0.15) is 0 Å². The monoisotopic (exact) mass is 275 g/mol. The summed E-state index contributed by atoms with van der Waals surface area (Å²) in [5, 5.41) is 2.86. The maximum Gasteiger partial charge on any atom is 0.252 e. The molecule has 2 nitrogen and oxygen atoms in total. The van der Waals surface area contributed by atoms with E-state index >= 15 is 0 Å². The second kappa shape index (κ2) is 5.89. The van der Waals surface area contributed by atoms with Gasteiger partial charge in [-0.3, -0.25) is 4.79 Å². The van der Waals surface area contributed by atoms with Crippen LogP contribution in [0.3, 0.4) is 0 Å². The summed E-state index contributed by atoms with van der Waals surface area (Å²) < 4.78 is 12.8. The van der Waals surface area contributed by atoms with E-state index in [0.29, 0.717) is 10.5 Å². The van der Waals surface area contributed by atoms with Crippen molar-refractivity contribution in [2.24, 2.45) is 0 Å². The molecule has 0 fully saturated rings. The molecule has 0 radical (unpaired) electrons. The molecule has 0 saturated heterocycles. The van der Waals surface area contributed by atoms with E-state index in [1.165, 1.54) is 12.1 Å². The van der Waals surface area contributed by atoms with Crippen LogP contribution in [0.2, 0.25) is 0 Å². The van der Waals surface area contributed by atoms with E-state index in [1.807, 2.05) is 13.0 Å². The Hall–Kier alpha value is -1.81. The summed E-state index contributed by atoms with van der Waals surface area (Å²) in [5.41, 5.74) is 1.38. The Morgan fingerprint density at radius 1 is 1.16 bits per heavy atom. The van der Waals surface area contributed by atoms with Crippen LogP contribution in [0.5, 0.6) is 0 Å². The van der Waals surface area contributed by atoms with Crippen molar-refractivity contribution in [3.05, 3.63) is 65.5 Å². The maximum absolute atomic E-state index is 12.8. The summed E-state index contributed by atoms with van der Waals surface area (Å²) >= 11 is 4.25. The van der Waals surface area contributed by atoms with Gasteiger partial charge in [0.05, 0.1) is 11.6 Å². The van der Waals surface area contributed by atoms with E-state index in [1.54, 1.807) is 30.3 Å². The van der Waals surface area contributed by atoms with E-state index in [-0.39, 0.29) is 17.8 Å². The van der Waals surface area contributed by atoms with E-state index in [0.717, 1.165) is 5.56 Å². The number of amides is 1. The lowest BCUT2D eigenvalue weighted by atomic mass is 10.1. The molecule has 0 aliphatic rings. The highest BCUT2D eigenvalue weighted by atomic mass is 32.1. The molecular weight excluding hydrogens is 261 g/mol. The molecule has 0 aliphatic heterocycles. The Morgan fingerprint density at radius 2 is 1.79 bits per heavy atom. The topological polar surface area (TPSA) is 29.1 Å². The van der Waals surface area contributed by atoms with Gasteiger partial charge in [-0.05, 0) is 36.8 Å². The van der Waals surface area contributed by atoms with Crippen LogP contribution < -0.4 is 5.32 Å². The van der Waals surface area contributed by atoms with Crippen molar-refractivity contribution >= 4 is 18.5 Å². The fraction of sp³-hybridized carbons (Fsp3) is 0.133. The SMILES string of the molecule is CC(NC(=O)c1ccccc1S)c1ccc(F)cc1. The molecule has 98 valence electrons. The van der Waals surface area contributed by atoms with Gasteiger partial charge in [-0.1, -0.05) is 24.3 Å². The van der Waals surface area contributed by atoms with Crippen molar-refractivity contribution in [3.63, 3.8) is 0 Å². The van der Waals surface area contributed by atoms with Crippen LogP contribution in [-0.2, 0) is 0 Å². The van der Waals surface area contributed by atoms with Crippen LogP contribution >= 0.6 is 12.6 Å². The molecule has 2 rings (SSSR count). The highest BCUT2D eigenvalue weighted by Crippen LogP contribution is 2.16. The molecule has 2 aromatic rings. The number of carbonyl (C=O) groups excluding carboxylic acids is 1. The third-order valence-electron chi connectivity index (χ3n) is 2.87. The van der Waals surface area contributed by atoms with Gasteiger partial charge in [-0.25, -0.2) is 4.39 Å². The van der Waals surface area contributed by atoms with Gasteiger partial charge in [0.15, 0.2) is 0 Å². The zero-order valence-electron chi connectivity index (χ0n) is 10.4. The van der Waals surface area contributed by atoms with E-state index in [9.17, 15) is 9.18 Å². The molecule has 0 spiro atoms. The summed E-state index contributed by atoms with van der Waals surface area (Å²) in [5.74, 6) is -0.481. The quantitative estimate of drug-likeness (QED) is 0.823. The third kappa shape index (κ3) is 3.35. The first-order chi connectivity index (χ1) is 9.08. The number of hydrogen-bond acceptors (Lipinski definition) is 2. The number of benzene rings is 2. The van der Waals surface area contributed by atoms with E-state index in [4.69, 9.17) is 0 Å². The second-order valence-corrected chi connectivity index (χ2v) is 4.75. The van der Waals surface area contributed by atoms with Crippen LogP contribution in [0.4, 0.5) is 4.39 Å². The summed E-state index contributed by atoms with van der Waals surface area (Å²) in [6.45, 7) is 1.85. The Morgan fingerprint density at radius 3 is 2.42 bits per heavy atom. The van der Waals surface area contributed by atoms with Gasteiger partial charge in [0.1, 0.15) is 5.82 Å². The summed E-state index contributed by atoms with van der Waals surface area (Å²) in [7, 11) is 0. The predicted octanol–water partition coefficient (Wildman–Crippen LogP) is 3.61. The molecule has 1 amide bonds. The number of nitrogens with one attached hydrogen (secondary N) is 1. The smallest absolute Gasteiger partial charge is 0.252 e. The van der Waals surface area contributed by atoms with Gasteiger partial charge in [0.2, 0.25) is 0 Å². The average Bonchev–Trinajstić information content (AvgIpc) is 2.39. The Balaban J connectivity index is 2.11. The first-order valence-electron chi connectivity index (χ1n) is 5.92. The van der Waals surface area contributed by atoms with Crippen LogP contribution in [-0.4, -0.2) is 5.91 Å². The fourth-order valence-electron chi connectivity index (χ4n) is 1.77. The summed E-state index contributed by atoms with van der Waals surface area (Å²) in [4.78, 5) is 12.7. The van der Waals surface area contributed by atoms with Gasteiger partial charge < -0.3 is 5.32 Å². The lowest BCUT2D eigenvalue weighted by Gasteiger charge is -2.15. The molecule has 0 aliphatic carbocycles. The average molecular weight is 275 g/mol. The first kappa shape index (κ1) is 13.6. The standard InChI is InChI=1S/C15H14FNOS/c1-10(11-6-8-12(16)9-7-11)17-15(18)13-4-2-3-5-14(13)19/h2-10,19H,1H3,(H,17,18). The zero-order chi connectivity index (χ0) is 13.8. The van der Waals surface area contributed by atoms with Gasteiger partial charge in [0, 0.05) is 4.90 Å². The van der Waals surface area contributed by atoms with Gasteiger partial charge >= 0.3 is 0 Å². The number of thiol groups is 1. The molecule has 0 saturated carbocycles. The Kier molecular flexibility index (Phi) is 4.22. The van der Waals surface area contributed by atoms with Crippen molar-refractivity contribution in [3.8, 4) is 0 Å². The predicted molar refractivity (Wildman–Crippen MR) is 76.0 cm³/mol. The fourth-order valence-corrected chi connectivity index (χ4v) is 2.04. The molecule has 0 aromatic heterocycles. The van der Waals surface area contributed by atoms with Crippen LogP contribution in [0.25, 0.3) is 0 Å². The second-order valence-electron chi connectivity index (χ2n) is 4.26. The molecule has 4 heteroatoms. The van der Waals surface area contributed by atoms with Crippen molar-refractivity contribution in [2.75, 3.05) is 0 Å². The highest BCUT2D eigenvalue weighted by molar-refractivity contribution is 7.80. The molecule has 1 N–H and O–H groups in total. The van der Waals surface area contributed by atoms with Crippen molar-refractivity contribution < 1.29 is 9.18 Å². The van der Waals surface area contributed by atoms with Crippen molar-refractivity contribution in [2.45, 2.75) is 17.9 Å². The Bertz CT molecular complexity index is 583. The van der Waals surface area contributed by atoms with Crippen molar-refractivity contribution in [1.82, 2.24) is 5.32 Å². The molecule has 19 heavy (non-hydrogen) atoms. The number of halogens is 1. The molecular formula is C15H14FNOS. The normalized spacial score (nSPS) is 11.9. The lowest BCUT2D eigenvalue weighted by Crippen LogP contribution is -2.26. The minimum atomic E-state index is -0.289. The van der Waals surface area contributed by atoms with Crippen LogP contribution in [0.15, 0.2) is 53.4 Å². The maximum atomic E-state index is 12.8. The largest absolute Gasteiger partial charge is 0.345 e. The molecule has 0 heterocycles. The number of hydrogen-bond donors (Lipinski definition) is 2. The van der Waals surface area contributed by atoms with Crippen molar-refractivity contribution in [1.29, 1.82) is 0 Å². The molecule has 2 aromatic carbocycles. The molecule has 1 atom stereocenters. The highest BCUT2D eigenvalue weighted by Gasteiger charge is 2.13. The summed E-state index contributed by atoms with van der Waals surface area (Å²) in [6, 6.07) is 13.0.